The summed E-state index contributed by atoms with van der Waals surface area (Å²) >= 11 is 0. The van der Waals surface area contributed by atoms with Crippen molar-refractivity contribution < 1.29 is 23.9 Å². The maximum Gasteiger partial charge on any atom is 0.325 e. The number of para-hydroxylation sites is 1. The summed E-state index contributed by atoms with van der Waals surface area (Å²) in [6.07, 6.45) is 1.75. The first-order chi connectivity index (χ1) is 15.0. The fourth-order valence-corrected chi connectivity index (χ4v) is 4.40. The molecule has 0 unspecified atom stereocenters. The van der Waals surface area contributed by atoms with Crippen molar-refractivity contribution in [1.82, 2.24) is 10.2 Å². The second kappa shape index (κ2) is 7.30. The van der Waals surface area contributed by atoms with E-state index in [1.165, 1.54) is 0 Å². The third-order valence-electron chi connectivity index (χ3n) is 6.10. The number of urea groups is 1. The van der Waals surface area contributed by atoms with Crippen LogP contribution in [0.4, 0.5) is 10.5 Å². The van der Waals surface area contributed by atoms with E-state index in [2.05, 4.69) is 5.32 Å². The summed E-state index contributed by atoms with van der Waals surface area (Å²) in [5.74, 6) is 0.396. The van der Waals surface area contributed by atoms with E-state index in [0.29, 0.717) is 36.8 Å². The number of aryl methyl sites for hydroxylation is 1. The summed E-state index contributed by atoms with van der Waals surface area (Å²) in [6, 6.07) is 12.3. The average molecular weight is 421 g/mol. The van der Waals surface area contributed by atoms with Crippen LogP contribution in [0.3, 0.4) is 0 Å². The third kappa shape index (κ3) is 3.19. The standard InChI is InChI=1S/C23H23N3O5/c1-23(16-8-9-18-19(13-16)31-12-11-30-18)21(28)26(22(29)24-23)14-20(27)25-10-4-6-15-5-2-3-7-17(15)25/h2-3,5,7-9,13H,4,6,10-12,14H2,1H3,(H,24,29)/t23-/m0/s1. The molecule has 1 atom stereocenters. The molecule has 3 aliphatic heterocycles. The topological polar surface area (TPSA) is 88.2 Å². The van der Waals surface area contributed by atoms with Crippen molar-refractivity contribution in [3.8, 4) is 11.5 Å². The highest BCUT2D eigenvalue weighted by molar-refractivity contribution is 6.10. The lowest BCUT2D eigenvalue weighted by atomic mass is 9.91. The Morgan fingerprint density at radius 2 is 1.87 bits per heavy atom. The number of rotatable bonds is 3. The van der Waals surface area contributed by atoms with Gasteiger partial charge in [0.25, 0.3) is 5.91 Å². The Labute approximate surface area is 179 Å². The van der Waals surface area contributed by atoms with Crippen LogP contribution in [0.15, 0.2) is 42.5 Å². The number of hydrogen-bond acceptors (Lipinski definition) is 5. The summed E-state index contributed by atoms with van der Waals surface area (Å²) in [5, 5.41) is 2.75. The molecule has 160 valence electrons. The minimum atomic E-state index is -1.28. The molecule has 5 rings (SSSR count). The van der Waals surface area contributed by atoms with Gasteiger partial charge in [-0.3, -0.25) is 14.5 Å². The molecular weight excluding hydrogens is 398 g/mol. The number of amides is 4. The highest BCUT2D eigenvalue weighted by Crippen LogP contribution is 2.37. The van der Waals surface area contributed by atoms with Gasteiger partial charge in [-0.05, 0) is 49.1 Å². The van der Waals surface area contributed by atoms with E-state index < -0.39 is 17.5 Å². The number of imide groups is 1. The molecule has 1 fully saturated rings. The molecule has 4 amide bonds. The molecule has 31 heavy (non-hydrogen) atoms. The minimum Gasteiger partial charge on any atom is -0.486 e. The number of nitrogens with zero attached hydrogens (tertiary/aromatic N) is 2. The van der Waals surface area contributed by atoms with Crippen molar-refractivity contribution in [3.63, 3.8) is 0 Å². The second-order valence-electron chi connectivity index (χ2n) is 8.08. The SMILES string of the molecule is C[C@@]1(c2ccc3c(c2)OCCO3)NC(=O)N(CC(=O)N2CCCc3ccccc32)C1=O. The Morgan fingerprint density at radius 3 is 2.71 bits per heavy atom. The van der Waals surface area contributed by atoms with Gasteiger partial charge in [0.1, 0.15) is 25.3 Å². The predicted octanol–water partition coefficient (Wildman–Crippen LogP) is 2.20. The van der Waals surface area contributed by atoms with Gasteiger partial charge in [0.2, 0.25) is 5.91 Å². The lowest BCUT2D eigenvalue weighted by molar-refractivity contribution is -0.134. The van der Waals surface area contributed by atoms with Gasteiger partial charge in [-0.15, -0.1) is 0 Å². The quantitative estimate of drug-likeness (QED) is 0.768. The number of ether oxygens (including phenoxy) is 2. The monoisotopic (exact) mass is 421 g/mol. The summed E-state index contributed by atoms with van der Waals surface area (Å²) in [4.78, 5) is 41.7. The van der Waals surface area contributed by atoms with Gasteiger partial charge in [-0.2, -0.15) is 0 Å². The maximum absolute atomic E-state index is 13.3. The van der Waals surface area contributed by atoms with Crippen molar-refractivity contribution in [2.24, 2.45) is 0 Å². The Morgan fingerprint density at radius 1 is 1.10 bits per heavy atom. The molecule has 0 spiro atoms. The fraction of sp³-hybridized carbons (Fsp3) is 0.348. The van der Waals surface area contributed by atoms with Gasteiger partial charge in [-0.25, -0.2) is 4.79 Å². The van der Waals surface area contributed by atoms with Gasteiger partial charge < -0.3 is 19.7 Å². The van der Waals surface area contributed by atoms with E-state index in [4.69, 9.17) is 9.47 Å². The summed E-state index contributed by atoms with van der Waals surface area (Å²) in [7, 11) is 0. The van der Waals surface area contributed by atoms with E-state index in [9.17, 15) is 14.4 Å². The molecule has 0 aliphatic carbocycles. The average Bonchev–Trinajstić information content (AvgIpc) is 3.02. The molecule has 0 radical (unpaired) electrons. The zero-order valence-corrected chi connectivity index (χ0v) is 17.2. The van der Waals surface area contributed by atoms with Crippen LogP contribution in [0, 0.1) is 0 Å². The molecule has 0 aromatic heterocycles. The number of anilines is 1. The van der Waals surface area contributed by atoms with Crippen LogP contribution in [-0.4, -0.2) is 49.0 Å². The molecule has 8 heteroatoms. The van der Waals surface area contributed by atoms with Gasteiger partial charge in [-0.1, -0.05) is 24.3 Å². The zero-order chi connectivity index (χ0) is 21.6. The summed E-state index contributed by atoms with van der Waals surface area (Å²) in [6.45, 7) is 2.79. The first kappa shape index (κ1) is 19.4. The lowest BCUT2D eigenvalue weighted by Crippen LogP contribution is -2.46. The van der Waals surface area contributed by atoms with Gasteiger partial charge in [0.15, 0.2) is 11.5 Å². The number of nitrogens with one attached hydrogen (secondary N) is 1. The van der Waals surface area contributed by atoms with E-state index in [-0.39, 0.29) is 12.5 Å². The lowest BCUT2D eigenvalue weighted by Gasteiger charge is -2.30. The van der Waals surface area contributed by atoms with Crippen LogP contribution >= 0.6 is 0 Å². The van der Waals surface area contributed by atoms with Crippen molar-refractivity contribution in [3.05, 3.63) is 53.6 Å². The zero-order valence-electron chi connectivity index (χ0n) is 17.2. The first-order valence-electron chi connectivity index (χ1n) is 10.4. The van der Waals surface area contributed by atoms with E-state index >= 15 is 0 Å². The van der Waals surface area contributed by atoms with Crippen LogP contribution in [0.1, 0.15) is 24.5 Å². The molecular formula is C23H23N3O5. The van der Waals surface area contributed by atoms with E-state index in [1.54, 1.807) is 30.0 Å². The summed E-state index contributed by atoms with van der Waals surface area (Å²) < 4.78 is 11.1. The first-order valence-corrected chi connectivity index (χ1v) is 10.4. The third-order valence-corrected chi connectivity index (χ3v) is 6.10. The minimum absolute atomic E-state index is 0.276. The van der Waals surface area contributed by atoms with E-state index in [0.717, 1.165) is 29.0 Å². The molecule has 2 aromatic rings. The van der Waals surface area contributed by atoms with Crippen LogP contribution in [0.25, 0.3) is 0 Å². The summed E-state index contributed by atoms with van der Waals surface area (Å²) in [5.41, 5.74) is 1.24. The molecule has 2 aromatic carbocycles. The molecule has 3 heterocycles. The van der Waals surface area contributed by atoms with Crippen LogP contribution in [0.5, 0.6) is 11.5 Å². The van der Waals surface area contributed by atoms with Crippen molar-refractivity contribution in [1.29, 1.82) is 0 Å². The van der Waals surface area contributed by atoms with Gasteiger partial charge in [0.05, 0.1) is 0 Å². The predicted molar refractivity (Wildman–Crippen MR) is 112 cm³/mol. The number of hydrogen-bond donors (Lipinski definition) is 1. The molecule has 1 N–H and O–H groups in total. The van der Waals surface area contributed by atoms with Gasteiger partial charge in [0, 0.05) is 12.2 Å². The van der Waals surface area contributed by atoms with Crippen LogP contribution in [0.2, 0.25) is 0 Å². The van der Waals surface area contributed by atoms with Gasteiger partial charge >= 0.3 is 6.03 Å². The molecule has 0 bridgehead atoms. The number of carbonyl (C=O) groups is 3. The Balaban J connectivity index is 1.38. The van der Waals surface area contributed by atoms with Crippen molar-refractivity contribution in [2.45, 2.75) is 25.3 Å². The highest BCUT2D eigenvalue weighted by Gasteiger charge is 2.50. The normalized spacial score (nSPS) is 22.2. The molecule has 1 saturated heterocycles. The van der Waals surface area contributed by atoms with Crippen molar-refractivity contribution in [2.75, 3.05) is 31.2 Å². The fourth-order valence-electron chi connectivity index (χ4n) is 4.40. The Hall–Kier alpha value is -3.55. The number of benzene rings is 2. The Bertz CT molecular complexity index is 1080. The molecule has 0 saturated carbocycles. The highest BCUT2D eigenvalue weighted by atomic mass is 16.6. The smallest absolute Gasteiger partial charge is 0.325 e. The van der Waals surface area contributed by atoms with Crippen LogP contribution in [-0.2, 0) is 21.5 Å². The van der Waals surface area contributed by atoms with E-state index in [1.807, 2.05) is 24.3 Å². The van der Waals surface area contributed by atoms with Crippen molar-refractivity contribution >= 4 is 23.5 Å². The number of carbonyl (C=O) groups excluding carboxylic acids is 3. The molecule has 3 aliphatic rings. The maximum atomic E-state index is 13.3. The second-order valence-corrected chi connectivity index (χ2v) is 8.08. The van der Waals surface area contributed by atoms with Crippen LogP contribution < -0.4 is 19.7 Å². The largest absolute Gasteiger partial charge is 0.486 e. The number of fused-ring (bicyclic) bond motifs is 2. The molecule has 8 nitrogen and oxygen atoms in total. The Kier molecular flexibility index (Phi) is 4.57.